The van der Waals surface area contributed by atoms with Gasteiger partial charge in [-0.3, -0.25) is 0 Å². The summed E-state index contributed by atoms with van der Waals surface area (Å²) < 4.78 is 5.04. The molecule has 0 bridgehead atoms. The van der Waals surface area contributed by atoms with Crippen LogP contribution in [0.2, 0.25) is 0 Å². The van der Waals surface area contributed by atoms with E-state index in [1.54, 1.807) is 11.3 Å². The van der Waals surface area contributed by atoms with Gasteiger partial charge in [0.05, 0.1) is 6.61 Å². The Balaban J connectivity index is 1.62. The molecule has 1 N–H and O–H groups in total. The summed E-state index contributed by atoms with van der Waals surface area (Å²) in [5.74, 6) is -0.315. The van der Waals surface area contributed by atoms with Crippen molar-refractivity contribution in [3.8, 4) is 0 Å². The van der Waals surface area contributed by atoms with Crippen LogP contribution in [0.5, 0.6) is 0 Å². The average Bonchev–Trinajstić information content (AvgIpc) is 3.05. The molecule has 2 unspecified atom stereocenters. The minimum atomic E-state index is -0.315. The molecule has 0 amide bonds. The molecule has 2 aliphatic heterocycles. The molecule has 3 rings (SSSR count). The molecule has 2 atom stereocenters. The fourth-order valence-electron chi connectivity index (χ4n) is 3.38. The number of aryl methyl sites for hydroxylation is 1. The predicted molar refractivity (Wildman–Crippen MR) is 84.0 cm³/mol. The lowest BCUT2D eigenvalue weighted by molar-refractivity contribution is 0.0519. The van der Waals surface area contributed by atoms with E-state index in [2.05, 4.69) is 15.2 Å². The Morgan fingerprint density at radius 1 is 1.48 bits per heavy atom. The third-order valence-electron chi connectivity index (χ3n) is 4.41. The number of esters is 1. The largest absolute Gasteiger partial charge is 0.461 e. The Hall–Kier alpha value is -1.14. The van der Waals surface area contributed by atoms with Crippen molar-refractivity contribution < 1.29 is 9.53 Å². The molecule has 0 aromatic carbocycles. The standard InChI is InChI=1S/C15H23N3O2S/c1-3-20-14(19)13-10(2)21-15(17-13)16-11-6-8-18-7-4-5-12(18)9-11/h11-12H,3-9H2,1-2H3,(H,16,17). The van der Waals surface area contributed by atoms with Gasteiger partial charge in [0.2, 0.25) is 0 Å². The summed E-state index contributed by atoms with van der Waals surface area (Å²) in [6.07, 6.45) is 5.00. The zero-order chi connectivity index (χ0) is 14.8. The third-order valence-corrected chi connectivity index (χ3v) is 5.32. The van der Waals surface area contributed by atoms with Crippen LogP contribution in [0.4, 0.5) is 5.13 Å². The molecular weight excluding hydrogens is 286 g/mol. The van der Waals surface area contributed by atoms with Gasteiger partial charge in [0.15, 0.2) is 10.8 Å². The fourth-order valence-corrected chi connectivity index (χ4v) is 4.26. The first-order valence-electron chi connectivity index (χ1n) is 7.82. The first-order valence-corrected chi connectivity index (χ1v) is 8.64. The lowest BCUT2D eigenvalue weighted by atomic mass is 9.98. The van der Waals surface area contributed by atoms with Gasteiger partial charge in [0.25, 0.3) is 0 Å². The van der Waals surface area contributed by atoms with Gasteiger partial charge in [-0.25, -0.2) is 9.78 Å². The quantitative estimate of drug-likeness (QED) is 0.867. The van der Waals surface area contributed by atoms with E-state index in [-0.39, 0.29) is 5.97 Å². The highest BCUT2D eigenvalue weighted by Gasteiger charge is 2.32. The summed E-state index contributed by atoms with van der Waals surface area (Å²) in [6, 6.07) is 1.21. The number of carbonyl (C=O) groups is 1. The number of carbonyl (C=O) groups excluding carboxylic acids is 1. The second-order valence-electron chi connectivity index (χ2n) is 5.84. The number of rotatable bonds is 4. The molecule has 3 heterocycles. The van der Waals surface area contributed by atoms with Gasteiger partial charge in [0, 0.05) is 23.5 Å². The lowest BCUT2D eigenvalue weighted by Crippen LogP contribution is -2.42. The predicted octanol–water partition coefficient (Wildman–Crippen LogP) is 2.67. The molecule has 116 valence electrons. The van der Waals surface area contributed by atoms with Gasteiger partial charge in [-0.15, -0.1) is 11.3 Å². The van der Waals surface area contributed by atoms with E-state index in [1.165, 1.54) is 32.4 Å². The van der Waals surface area contributed by atoms with E-state index >= 15 is 0 Å². The van der Waals surface area contributed by atoms with Gasteiger partial charge in [-0.05, 0) is 46.1 Å². The highest BCUT2D eigenvalue weighted by molar-refractivity contribution is 7.15. The third kappa shape index (κ3) is 3.21. The fraction of sp³-hybridized carbons (Fsp3) is 0.733. The van der Waals surface area contributed by atoms with Crippen LogP contribution in [-0.4, -0.2) is 47.6 Å². The van der Waals surface area contributed by atoms with Crippen LogP contribution in [-0.2, 0) is 4.74 Å². The SMILES string of the molecule is CCOC(=O)c1nc(NC2CCN3CCCC3C2)sc1C. The molecule has 1 aromatic heterocycles. The van der Waals surface area contributed by atoms with Gasteiger partial charge < -0.3 is 15.0 Å². The van der Waals surface area contributed by atoms with Crippen LogP contribution in [0, 0.1) is 6.92 Å². The normalized spacial score (nSPS) is 25.6. The Bertz CT molecular complexity index is 517. The first-order chi connectivity index (χ1) is 10.2. The van der Waals surface area contributed by atoms with Crippen molar-refractivity contribution in [1.29, 1.82) is 0 Å². The highest BCUT2D eigenvalue weighted by Crippen LogP contribution is 2.30. The van der Waals surface area contributed by atoms with Crippen LogP contribution in [0.3, 0.4) is 0 Å². The maximum absolute atomic E-state index is 11.8. The molecular formula is C15H23N3O2S. The molecule has 0 spiro atoms. The monoisotopic (exact) mass is 309 g/mol. The molecule has 1 aromatic rings. The van der Waals surface area contributed by atoms with Crippen molar-refractivity contribution in [2.24, 2.45) is 0 Å². The number of nitrogens with zero attached hydrogens (tertiary/aromatic N) is 2. The van der Waals surface area contributed by atoms with E-state index < -0.39 is 0 Å². The lowest BCUT2D eigenvalue weighted by Gasteiger charge is -2.35. The van der Waals surface area contributed by atoms with E-state index in [9.17, 15) is 4.79 Å². The van der Waals surface area contributed by atoms with Crippen molar-refractivity contribution >= 4 is 22.4 Å². The Morgan fingerprint density at radius 2 is 2.33 bits per heavy atom. The molecule has 0 radical (unpaired) electrons. The summed E-state index contributed by atoms with van der Waals surface area (Å²) in [5.41, 5.74) is 0.461. The van der Waals surface area contributed by atoms with E-state index in [1.807, 2.05) is 13.8 Å². The highest BCUT2D eigenvalue weighted by atomic mass is 32.1. The molecule has 2 aliphatic rings. The number of piperidine rings is 1. The van der Waals surface area contributed by atoms with Crippen molar-refractivity contribution in [3.63, 3.8) is 0 Å². The number of hydrogen-bond acceptors (Lipinski definition) is 6. The van der Waals surface area contributed by atoms with Crippen LogP contribution in [0.1, 0.15) is 48.0 Å². The van der Waals surface area contributed by atoms with Crippen molar-refractivity contribution in [2.45, 2.75) is 51.6 Å². The summed E-state index contributed by atoms with van der Waals surface area (Å²) in [7, 11) is 0. The number of nitrogens with one attached hydrogen (secondary N) is 1. The van der Waals surface area contributed by atoms with Crippen molar-refractivity contribution in [3.05, 3.63) is 10.6 Å². The van der Waals surface area contributed by atoms with Crippen molar-refractivity contribution in [2.75, 3.05) is 25.0 Å². The van der Waals surface area contributed by atoms with Crippen LogP contribution >= 0.6 is 11.3 Å². The zero-order valence-corrected chi connectivity index (χ0v) is 13.5. The van der Waals surface area contributed by atoms with Crippen molar-refractivity contribution in [1.82, 2.24) is 9.88 Å². The van der Waals surface area contributed by atoms with E-state index in [0.717, 1.165) is 22.5 Å². The number of fused-ring (bicyclic) bond motifs is 1. The Morgan fingerprint density at radius 3 is 3.14 bits per heavy atom. The van der Waals surface area contributed by atoms with E-state index in [4.69, 9.17) is 4.74 Å². The Labute approximate surface area is 129 Å². The van der Waals surface area contributed by atoms with E-state index in [0.29, 0.717) is 18.3 Å². The topological polar surface area (TPSA) is 54.5 Å². The number of anilines is 1. The number of thiazole rings is 1. The second kappa shape index (κ2) is 6.32. The van der Waals surface area contributed by atoms with Gasteiger partial charge in [-0.1, -0.05) is 0 Å². The minimum absolute atomic E-state index is 0.315. The number of hydrogen-bond donors (Lipinski definition) is 1. The average molecular weight is 309 g/mol. The second-order valence-corrected chi connectivity index (χ2v) is 7.05. The smallest absolute Gasteiger partial charge is 0.358 e. The zero-order valence-electron chi connectivity index (χ0n) is 12.7. The summed E-state index contributed by atoms with van der Waals surface area (Å²) in [4.78, 5) is 19.8. The molecule has 0 aliphatic carbocycles. The maximum atomic E-state index is 11.8. The summed E-state index contributed by atoms with van der Waals surface area (Å²) in [5, 5.41) is 4.38. The number of aromatic nitrogens is 1. The van der Waals surface area contributed by atoms with Crippen LogP contribution in [0.25, 0.3) is 0 Å². The number of ether oxygens (including phenoxy) is 1. The summed E-state index contributed by atoms with van der Waals surface area (Å²) >= 11 is 1.55. The molecule has 5 nitrogen and oxygen atoms in total. The van der Waals surface area contributed by atoms with Gasteiger partial charge in [0.1, 0.15) is 0 Å². The molecule has 6 heteroatoms. The molecule has 21 heavy (non-hydrogen) atoms. The van der Waals surface area contributed by atoms with Crippen LogP contribution in [0.15, 0.2) is 0 Å². The molecule has 2 fully saturated rings. The minimum Gasteiger partial charge on any atom is -0.461 e. The van der Waals surface area contributed by atoms with Gasteiger partial charge in [-0.2, -0.15) is 0 Å². The molecule has 2 saturated heterocycles. The van der Waals surface area contributed by atoms with Crippen LogP contribution < -0.4 is 5.32 Å². The Kier molecular flexibility index (Phi) is 4.45. The van der Waals surface area contributed by atoms with Gasteiger partial charge >= 0.3 is 5.97 Å². The maximum Gasteiger partial charge on any atom is 0.358 e. The summed E-state index contributed by atoms with van der Waals surface area (Å²) in [6.45, 7) is 6.57. The first kappa shape index (κ1) is 14.8. The molecule has 0 saturated carbocycles.